The van der Waals surface area contributed by atoms with Crippen LogP contribution in [0.15, 0.2) is 23.4 Å². The quantitative estimate of drug-likeness (QED) is 0.672. The Morgan fingerprint density at radius 2 is 1.93 bits per heavy atom. The van der Waals surface area contributed by atoms with Crippen LogP contribution < -0.4 is 0 Å². The normalized spacial score (nSPS) is 12.9. The number of halogens is 3. The third-order valence-corrected chi connectivity index (χ3v) is 6.90. The first kappa shape index (κ1) is 12.6. The zero-order valence-electron chi connectivity index (χ0n) is 7.04. The standard InChI is InChI=1S/C7H6Br3NO2S/c1-5-3-2-4-11-6(5)14(12,13)7(8,9)10/h2-4H,1H3. The van der Waals surface area contributed by atoms with Gasteiger partial charge in [0.05, 0.1) is 0 Å². The van der Waals surface area contributed by atoms with Crippen molar-refractivity contribution in [1.82, 2.24) is 4.98 Å². The highest BCUT2D eigenvalue weighted by Crippen LogP contribution is 2.43. The molecule has 78 valence electrons. The van der Waals surface area contributed by atoms with Gasteiger partial charge in [-0.2, -0.15) is 0 Å². The number of aromatic nitrogens is 1. The number of pyridine rings is 1. The summed E-state index contributed by atoms with van der Waals surface area (Å²) in [6.07, 6.45) is 1.44. The van der Waals surface area contributed by atoms with Crippen LogP contribution in [0, 0.1) is 6.92 Å². The summed E-state index contributed by atoms with van der Waals surface area (Å²) >= 11 is 8.93. The van der Waals surface area contributed by atoms with Gasteiger partial charge in [0.25, 0.3) is 0 Å². The molecule has 0 saturated heterocycles. The van der Waals surface area contributed by atoms with E-state index < -0.39 is 11.3 Å². The summed E-state index contributed by atoms with van der Waals surface area (Å²) in [6.45, 7) is 1.69. The first-order chi connectivity index (χ1) is 6.27. The average molecular weight is 408 g/mol. The molecule has 1 aromatic heterocycles. The van der Waals surface area contributed by atoms with E-state index in [-0.39, 0.29) is 5.03 Å². The van der Waals surface area contributed by atoms with Crippen LogP contribution in [0.1, 0.15) is 5.56 Å². The van der Waals surface area contributed by atoms with Crippen molar-refractivity contribution < 1.29 is 8.42 Å². The summed E-state index contributed by atoms with van der Waals surface area (Å²) in [7, 11) is -3.57. The molecule has 3 nitrogen and oxygen atoms in total. The van der Waals surface area contributed by atoms with E-state index in [1.807, 2.05) is 0 Å². The lowest BCUT2D eigenvalue weighted by molar-refractivity contribution is 0.594. The summed E-state index contributed by atoms with van der Waals surface area (Å²) in [5, 5.41) is 0.0469. The summed E-state index contributed by atoms with van der Waals surface area (Å²) in [6, 6.07) is 3.38. The third-order valence-electron chi connectivity index (χ3n) is 1.52. The Morgan fingerprint density at radius 3 is 2.36 bits per heavy atom. The molecule has 0 radical (unpaired) electrons. The Kier molecular flexibility index (Phi) is 3.77. The van der Waals surface area contributed by atoms with Gasteiger partial charge in [0, 0.05) is 6.20 Å². The van der Waals surface area contributed by atoms with Crippen LogP contribution in [0.5, 0.6) is 0 Å². The van der Waals surface area contributed by atoms with Gasteiger partial charge in [-0.05, 0) is 66.3 Å². The average Bonchev–Trinajstić information content (AvgIpc) is 2.02. The fourth-order valence-corrected chi connectivity index (χ4v) is 3.15. The number of alkyl halides is 3. The summed E-state index contributed by atoms with van der Waals surface area (Å²) < 4.78 is 22.4. The molecule has 0 fully saturated rings. The van der Waals surface area contributed by atoms with Crippen molar-refractivity contribution in [1.29, 1.82) is 0 Å². The Morgan fingerprint density at radius 1 is 1.36 bits per heavy atom. The molecule has 0 aromatic carbocycles. The number of nitrogens with zero attached hydrogens (tertiary/aromatic N) is 1. The SMILES string of the molecule is Cc1cccnc1S(=O)(=O)C(Br)(Br)Br. The molecule has 0 aliphatic heterocycles. The van der Waals surface area contributed by atoms with Crippen molar-refractivity contribution in [2.75, 3.05) is 0 Å². The van der Waals surface area contributed by atoms with Gasteiger partial charge in [-0.15, -0.1) is 0 Å². The number of rotatable bonds is 1. The molecule has 0 aliphatic rings. The van der Waals surface area contributed by atoms with Crippen LogP contribution in [0.4, 0.5) is 0 Å². The van der Waals surface area contributed by atoms with Crippen LogP contribution >= 0.6 is 47.8 Å². The maximum Gasteiger partial charge on any atom is 0.240 e. The van der Waals surface area contributed by atoms with Gasteiger partial charge in [-0.25, -0.2) is 13.4 Å². The molecule has 0 saturated carbocycles. The third kappa shape index (κ3) is 2.37. The molecule has 0 N–H and O–H groups in total. The number of sulfone groups is 1. The Bertz CT molecular complexity index is 438. The summed E-state index contributed by atoms with van der Waals surface area (Å²) in [4.78, 5) is 3.84. The van der Waals surface area contributed by atoms with Gasteiger partial charge < -0.3 is 0 Å². The van der Waals surface area contributed by atoms with E-state index in [0.717, 1.165) is 0 Å². The van der Waals surface area contributed by atoms with E-state index in [2.05, 4.69) is 52.8 Å². The second-order valence-electron chi connectivity index (χ2n) is 2.57. The van der Waals surface area contributed by atoms with Crippen molar-refractivity contribution in [2.45, 2.75) is 13.4 Å². The van der Waals surface area contributed by atoms with Gasteiger partial charge in [0.15, 0.2) is 5.03 Å². The smallest absolute Gasteiger partial charge is 0.240 e. The molecule has 1 rings (SSSR count). The molecule has 0 bridgehead atoms. The van der Waals surface area contributed by atoms with Gasteiger partial charge in [0.1, 0.15) is 0 Å². The van der Waals surface area contributed by atoms with Crippen molar-refractivity contribution in [3.63, 3.8) is 0 Å². The fraction of sp³-hybridized carbons (Fsp3) is 0.286. The molecule has 0 spiro atoms. The van der Waals surface area contributed by atoms with Crippen LogP contribution in [0.3, 0.4) is 0 Å². The highest BCUT2D eigenvalue weighted by Gasteiger charge is 2.39. The fourth-order valence-electron chi connectivity index (χ4n) is 0.862. The zero-order chi connectivity index (χ0) is 11.0. The Balaban J connectivity index is 3.40. The molecule has 0 aliphatic carbocycles. The first-order valence-corrected chi connectivity index (χ1v) is 7.36. The Labute approximate surface area is 108 Å². The van der Waals surface area contributed by atoms with Gasteiger partial charge in [-0.1, -0.05) is 6.07 Å². The summed E-state index contributed by atoms with van der Waals surface area (Å²) in [5.74, 6) is 0. The highest BCUT2D eigenvalue weighted by molar-refractivity contribution is 9.42. The summed E-state index contributed by atoms with van der Waals surface area (Å²) in [5.41, 5.74) is 0.607. The van der Waals surface area contributed by atoms with Gasteiger partial charge in [-0.3, -0.25) is 0 Å². The van der Waals surface area contributed by atoms with Crippen molar-refractivity contribution in [2.24, 2.45) is 0 Å². The topological polar surface area (TPSA) is 47.0 Å². The molecule has 14 heavy (non-hydrogen) atoms. The minimum absolute atomic E-state index is 0.0469. The maximum atomic E-state index is 11.9. The molecule has 0 amide bonds. The van der Waals surface area contributed by atoms with Gasteiger partial charge in [0.2, 0.25) is 11.3 Å². The second-order valence-corrected chi connectivity index (χ2v) is 12.9. The molecule has 0 unspecified atom stereocenters. The predicted octanol–water partition coefficient (Wildman–Crippen LogP) is 2.96. The van der Waals surface area contributed by atoms with E-state index >= 15 is 0 Å². The van der Waals surface area contributed by atoms with E-state index in [1.165, 1.54) is 6.20 Å². The van der Waals surface area contributed by atoms with Crippen LogP contribution in [0.2, 0.25) is 0 Å². The van der Waals surface area contributed by atoms with Crippen LogP contribution in [-0.4, -0.2) is 14.9 Å². The van der Waals surface area contributed by atoms with Crippen LogP contribution in [0.25, 0.3) is 0 Å². The van der Waals surface area contributed by atoms with E-state index in [9.17, 15) is 8.42 Å². The number of aryl methyl sites for hydroxylation is 1. The monoisotopic (exact) mass is 405 g/mol. The highest BCUT2D eigenvalue weighted by atomic mass is 80.0. The van der Waals surface area contributed by atoms with Crippen LogP contribution in [-0.2, 0) is 9.84 Å². The van der Waals surface area contributed by atoms with Crippen molar-refractivity contribution in [3.8, 4) is 0 Å². The lowest BCUT2D eigenvalue weighted by atomic mass is 10.3. The predicted molar refractivity (Wildman–Crippen MR) is 65.7 cm³/mol. The lowest BCUT2D eigenvalue weighted by Crippen LogP contribution is -2.20. The molecule has 7 heteroatoms. The molecular formula is C7H6Br3NO2S. The minimum Gasteiger partial charge on any atom is -0.244 e. The number of hydrogen-bond acceptors (Lipinski definition) is 3. The molecule has 1 aromatic rings. The van der Waals surface area contributed by atoms with Crippen molar-refractivity contribution in [3.05, 3.63) is 23.9 Å². The Hall–Kier alpha value is 0.540. The van der Waals surface area contributed by atoms with Crippen molar-refractivity contribution >= 4 is 57.6 Å². The first-order valence-electron chi connectivity index (χ1n) is 3.50. The van der Waals surface area contributed by atoms with Gasteiger partial charge >= 0.3 is 0 Å². The second kappa shape index (κ2) is 4.19. The van der Waals surface area contributed by atoms with E-state index in [4.69, 9.17) is 0 Å². The van der Waals surface area contributed by atoms with E-state index in [0.29, 0.717) is 5.56 Å². The maximum absolute atomic E-state index is 11.9. The minimum atomic E-state index is -3.57. The zero-order valence-corrected chi connectivity index (χ0v) is 12.6. The molecule has 1 heterocycles. The number of hydrogen-bond donors (Lipinski definition) is 0. The largest absolute Gasteiger partial charge is 0.244 e. The lowest BCUT2D eigenvalue weighted by Gasteiger charge is -2.13. The van der Waals surface area contributed by atoms with E-state index in [1.54, 1.807) is 19.1 Å². The molecular weight excluding hydrogens is 402 g/mol. The molecule has 0 atom stereocenters.